The van der Waals surface area contributed by atoms with E-state index in [0.29, 0.717) is 23.6 Å². The molecule has 37 heavy (non-hydrogen) atoms. The average Bonchev–Trinajstić information content (AvgIpc) is 3.55. The molecular formula is C32H27NO4. The second-order valence-electron chi connectivity index (χ2n) is 9.73. The first kappa shape index (κ1) is 23.2. The van der Waals surface area contributed by atoms with Crippen molar-refractivity contribution in [3.8, 4) is 5.75 Å². The van der Waals surface area contributed by atoms with Gasteiger partial charge in [0.15, 0.2) is 5.78 Å². The highest BCUT2D eigenvalue weighted by Crippen LogP contribution is 2.59. The summed E-state index contributed by atoms with van der Waals surface area (Å²) in [4.78, 5) is 41.3. The first-order valence-corrected chi connectivity index (χ1v) is 12.7. The number of fused-ring (bicyclic) bond motifs is 5. The highest BCUT2D eigenvalue weighted by atomic mass is 16.5. The van der Waals surface area contributed by atoms with Crippen LogP contribution < -0.4 is 9.64 Å². The Morgan fingerprint density at radius 1 is 0.784 bits per heavy atom. The molecule has 1 saturated carbocycles. The van der Waals surface area contributed by atoms with E-state index in [1.165, 1.54) is 11.8 Å². The molecule has 3 aromatic rings. The number of rotatable bonds is 6. The lowest BCUT2D eigenvalue weighted by molar-refractivity contribution is -0.123. The zero-order valence-electron chi connectivity index (χ0n) is 20.8. The molecule has 0 unspecified atom stereocenters. The van der Waals surface area contributed by atoms with Gasteiger partial charge in [0.25, 0.3) is 0 Å². The fourth-order valence-electron chi connectivity index (χ4n) is 6.23. The minimum atomic E-state index is -0.476. The predicted octanol–water partition coefficient (Wildman–Crippen LogP) is 5.71. The lowest BCUT2D eigenvalue weighted by Crippen LogP contribution is -2.34. The fraction of sp³-hybridized carbons (Fsp3) is 0.219. The first-order chi connectivity index (χ1) is 18.0. The average molecular weight is 490 g/mol. The van der Waals surface area contributed by atoms with Gasteiger partial charge < -0.3 is 4.74 Å². The van der Waals surface area contributed by atoms with E-state index in [0.717, 1.165) is 22.3 Å². The Morgan fingerprint density at radius 2 is 1.32 bits per heavy atom. The third-order valence-corrected chi connectivity index (χ3v) is 7.74. The van der Waals surface area contributed by atoms with Gasteiger partial charge in [0.2, 0.25) is 11.8 Å². The van der Waals surface area contributed by atoms with Crippen LogP contribution in [0.15, 0.2) is 96.6 Å². The van der Waals surface area contributed by atoms with E-state index in [1.54, 1.807) is 18.2 Å². The van der Waals surface area contributed by atoms with Crippen molar-refractivity contribution in [3.05, 3.63) is 113 Å². The molecule has 3 aromatic carbocycles. The summed E-state index contributed by atoms with van der Waals surface area (Å²) in [6.45, 7) is 3.70. The van der Waals surface area contributed by atoms with Gasteiger partial charge in [-0.1, -0.05) is 72.8 Å². The van der Waals surface area contributed by atoms with E-state index in [1.807, 2.05) is 43.3 Å². The van der Waals surface area contributed by atoms with Crippen LogP contribution in [0.25, 0.3) is 5.57 Å². The number of Topliss-reactive ketones (excluding diaryl/α,β-unsaturated/α-hetero) is 1. The molecular weight excluding hydrogens is 462 g/mol. The highest BCUT2D eigenvalue weighted by Gasteiger charge is 2.62. The van der Waals surface area contributed by atoms with Crippen molar-refractivity contribution in [1.82, 2.24) is 0 Å². The van der Waals surface area contributed by atoms with Gasteiger partial charge in [0, 0.05) is 17.4 Å². The Bertz CT molecular complexity index is 1400. The maximum atomic E-state index is 14.0. The minimum absolute atomic E-state index is 0.133. The number of ether oxygens (including phenoxy) is 1. The van der Waals surface area contributed by atoms with Gasteiger partial charge in [0.05, 0.1) is 24.1 Å². The summed E-state index contributed by atoms with van der Waals surface area (Å²) < 4.78 is 5.76. The number of nitrogens with zero attached hydrogens (tertiary/aromatic N) is 1. The number of ketones is 1. The molecule has 2 bridgehead atoms. The van der Waals surface area contributed by atoms with Crippen molar-refractivity contribution in [3.63, 3.8) is 0 Å². The molecule has 0 N–H and O–H groups in total. The monoisotopic (exact) mass is 489 g/mol. The number of allylic oxidation sites excluding steroid dienone is 3. The molecule has 3 aliphatic rings. The zero-order valence-corrected chi connectivity index (χ0v) is 20.8. The molecule has 5 heteroatoms. The molecule has 4 atom stereocenters. The SMILES string of the molecule is CCOc1ccc(C(C)=O)cc1N1C(=O)[C@@H]2[C@@H](C1=O)[C@H]1C=C[C@H]2C1=C(c1ccccc1)c1ccccc1. The Hall–Kier alpha value is -4.25. The zero-order chi connectivity index (χ0) is 25.7. The lowest BCUT2D eigenvalue weighted by atomic mass is 9.85. The third kappa shape index (κ3) is 3.57. The van der Waals surface area contributed by atoms with Crippen molar-refractivity contribution >= 4 is 28.9 Å². The summed E-state index contributed by atoms with van der Waals surface area (Å²) in [6.07, 6.45) is 4.19. The van der Waals surface area contributed by atoms with Gasteiger partial charge in [-0.15, -0.1) is 0 Å². The molecule has 0 spiro atoms. The summed E-state index contributed by atoms with van der Waals surface area (Å²) in [5.74, 6) is -1.45. The van der Waals surface area contributed by atoms with Gasteiger partial charge in [-0.2, -0.15) is 0 Å². The van der Waals surface area contributed by atoms with Gasteiger partial charge in [-0.3, -0.25) is 14.4 Å². The molecule has 1 heterocycles. The number of carbonyl (C=O) groups is 3. The Morgan fingerprint density at radius 3 is 1.81 bits per heavy atom. The van der Waals surface area contributed by atoms with Crippen molar-refractivity contribution in [2.75, 3.05) is 11.5 Å². The smallest absolute Gasteiger partial charge is 0.238 e. The van der Waals surface area contributed by atoms with Gasteiger partial charge in [-0.25, -0.2) is 4.90 Å². The highest BCUT2D eigenvalue weighted by molar-refractivity contribution is 6.24. The summed E-state index contributed by atoms with van der Waals surface area (Å²) in [6, 6.07) is 25.3. The number of benzene rings is 3. The standard InChI is InChI=1S/C32H27NO4/c1-3-37-26-17-14-22(19(2)34)18-25(26)33-31(35)29-23-15-16-24(30(29)32(33)36)28(23)27(20-10-6-4-7-11-20)21-12-8-5-9-13-21/h4-18,23-24,29-30H,3H2,1-2H3/t23-,24-,29-,30-/m0/s1. The maximum Gasteiger partial charge on any atom is 0.238 e. The van der Waals surface area contributed by atoms with Crippen LogP contribution in [-0.2, 0) is 9.59 Å². The molecule has 2 fully saturated rings. The molecule has 2 aliphatic carbocycles. The van der Waals surface area contributed by atoms with Crippen LogP contribution in [0.2, 0.25) is 0 Å². The summed E-state index contributed by atoms with van der Waals surface area (Å²) >= 11 is 0. The first-order valence-electron chi connectivity index (χ1n) is 12.7. The van der Waals surface area contributed by atoms with E-state index in [9.17, 15) is 14.4 Å². The van der Waals surface area contributed by atoms with Gasteiger partial charge >= 0.3 is 0 Å². The lowest BCUT2D eigenvalue weighted by Gasteiger charge is -2.23. The molecule has 1 aliphatic heterocycles. The van der Waals surface area contributed by atoms with Crippen LogP contribution in [0, 0.1) is 23.7 Å². The topological polar surface area (TPSA) is 63.7 Å². The Labute approximate surface area is 216 Å². The predicted molar refractivity (Wildman–Crippen MR) is 142 cm³/mol. The van der Waals surface area contributed by atoms with Crippen molar-refractivity contribution in [2.45, 2.75) is 13.8 Å². The van der Waals surface area contributed by atoms with E-state index >= 15 is 0 Å². The minimum Gasteiger partial charge on any atom is -0.492 e. The Kier molecular flexibility index (Phi) is 5.64. The van der Waals surface area contributed by atoms with Gasteiger partial charge in [-0.05, 0) is 54.3 Å². The van der Waals surface area contributed by atoms with E-state index < -0.39 is 11.8 Å². The van der Waals surface area contributed by atoms with E-state index in [2.05, 4.69) is 36.4 Å². The summed E-state index contributed by atoms with van der Waals surface area (Å²) in [7, 11) is 0. The van der Waals surface area contributed by atoms with Crippen LogP contribution in [-0.4, -0.2) is 24.2 Å². The normalized spacial score (nSPS) is 23.5. The van der Waals surface area contributed by atoms with Crippen LogP contribution in [0.3, 0.4) is 0 Å². The van der Waals surface area contributed by atoms with Crippen molar-refractivity contribution in [2.24, 2.45) is 23.7 Å². The molecule has 6 rings (SSSR count). The molecule has 1 saturated heterocycles. The largest absolute Gasteiger partial charge is 0.492 e. The molecule has 2 amide bonds. The molecule has 0 aromatic heterocycles. The second kappa shape index (κ2) is 9.00. The maximum absolute atomic E-state index is 14.0. The molecule has 0 radical (unpaired) electrons. The molecule has 5 nitrogen and oxygen atoms in total. The Balaban J connectivity index is 1.47. The number of hydrogen-bond acceptors (Lipinski definition) is 4. The summed E-state index contributed by atoms with van der Waals surface area (Å²) in [5.41, 5.74) is 5.18. The van der Waals surface area contributed by atoms with Crippen LogP contribution in [0.1, 0.15) is 35.3 Å². The number of anilines is 1. The second-order valence-corrected chi connectivity index (χ2v) is 9.73. The van der Waals surface area contributed by atoms with Crippen LogP contribution in [0.5, 0.6) is 5.75 Å². The van der Waals surface area contributed by atoms with Crippen LogP contribution in [0.4, 0.5) is 5.69 Å². The van der Waals surface area contributed by atoms with Crippen molar-refractivity contribution < 1.29 is 19.1 Å². The number of carbonyl (C=O) groups excluding carboxylic acids is 3. The number of amides is 2. The summed E-state index contributed by atoms with van der Waals surface area (Å²) in [5, 5.41) is 0. The number of imide groups is 1. The number of hydrogen-bond donors (Lipinski definition) is 0. The van der Waals surface area contributed by atoms with Crippen molar-refractivity contribution in [1.29, 1.82) is 0 Å². The molecule has 184 valence electrons. The van der Waals surface area contributed by atoms with Gasteiger partial charge in [0.1, 0.15) is 5.75 Å². The van der Waals surface area contributed by atoms with E-state index in [4.69, 9.17) is 4.74 Å². The van der Waals surface area contributed by atoms with Crippen LogP contribution >= 0.6 is 0 Å². The third-order valence-electron chi connectivity index (χ3n) is 7.74. The fourth-order valence-corrected chi connectivity index (χ4v) is 6.23. The van der Waals surface area contributed by atoms with E-state index in [-0.39, 0.29) is 29.4 Å². The quantitative estimate of drug-likeness (QED) is 0.253.